The standard InChI is InChI=1S/C22H25FO3/c1-13-10-16(6-9-20(13)23)22-15-4-2-14(3-5-15)19(22)8-7-18-11-17(24)12-21(25)26-18/h2,4,6-10,14-15,17-19,22,24H,3,5,11-12H2,1H3/b8-7-. The maximum atomic E-state index is 13.7. The average molecular weight is 356 g/mol. The van der Waals surface area contributed by atoms with Crippen LogP contribution in [0.3, 0.4) is 0 Å². The van der Waals surface area contributed by atoms with Crippen molar-refractivity contribution in [2.24, 2.45) is 17.8 Å². The second kappa shape index (κ2) is 6.99. The maximum absolute atomic E-state index is 13.7. The minimum Gasteiger partial charge on any atom is -0.458 e. The van der Waals surface area contributed by atoms with Gasteiger partial charge in [0.2, 0.25) is 0 Å². The third kappa shape index (κ3) is 3.35. The molecule has 1 saturated carbocycles. The van der Waals surface area contributed by atoms with Gasteiger partial charge in [0.05, 0.1) is 12.5 Å². The number of ether oxygens (including phenoxy) is 1. The Labute approximate surface area is 153 Å². The van der Waals surface area contributed by atoms with Gasteiger partial charge in [0.15, 0.2) is 0 Å². The third-order valence-corrected chi connectivity index (χ3v) is 6.11. The number of aliphatic hydroxyl groups excluding tert-OH is 1. The van der Waals surface area contributed by atoms with Crippen LogP contribution in [0.5, 0.6) is 0 Å². The summed E-state index contributed by atoms with van der Waals surface area (Å²) in [5.74, 6) is 1.03. The summed E-state index contributed by atoms with van der Waals surface area (Å²) in [5.41, 5.74) is 1.86. The van der Waals surface area contributed by atoms with E-state index in [0.29, 0.717) is 35.7 Å². The smallest absolute Gasteiger partial charge is 0.309 e. The molecule has 1 aromatic rings. The normalized spacial score (nSPS) is 36.5. The van der Waals surface area contributed by atoms with Crippen molar-refractivity contribution >= 4 is 5.97 Å². The lowest BCUT2D eigenvalue weighted by atomic mass is 9.60. The molecule has 1 N–H and O–H groups in total. The van der Waals surface area contributed by atoms with Crippen molar-refractivity contribution in [3.63, 3.8) is 0 Å². The van der Waals surface area contributed by atoms with Gasteiger partial charge in [0.25, 0.3) is 0 Å². The summed E-state index contributed by atoms with van der Waals surface area (Å²) >= 11 is 0. The van der Waals surface area contributed by atoms with Gasteiger partial charge in [-0.1, -0.05) is 30.4 Å². The first-order chi connectivity index (χ1) is 12.5. The predicted molar refractivity (Wildman–Crippen MR) is 97.0 cm³/mol. The molecule has 1 saturated heterocycles. The van der Waals surface area contributed by atoms with E-state index >= 15 is 0 Å². The first-order valence-electron chi connectivity index (χ1n) is 9.51. The predicted octanol–water partition coefficient (Wildman–Crippen LogP) is 4.05. The molecule has 138 valence electrons. The topological polar surface area (TPSA) is 46.5 Å². The number of hydrogen-bond donors (Lipinski definition) is 1. The van der Waals surface area contributed by atoms with Crippen molar-refractivity contribution < 1.29 is 19.0 Å². The fraction of sp³-hybridized carbons (Fsp3) is 0.500. The van der Waals surface area contributed by atoms with Crippen molar-refractivity contribution in [3.8, 4) is 0 Å². The van der Waals surface area contributed by atoms with E-state index < -0.39 is 6.10 Å². The first-order valence-corrected chi connectivity index (χ1v) is 9.51. The number of esters is 1. The fourth-order valence-corrected chi connectivity index (χ4v) is 4.82. The van der Waals surface area contributed by atoms with Gasteiger partial charge in [-0.2, -0.15) is 0 Å². The fourth-order valence-electron chi connectivity index (χ4n) is 4.82. The molecule has 0 spiro atoms. The summed E-state index contributed by atoms with van der Waals surface area (Å²) in [6.45, 7) is 1.81. The summed E-state index contributed by atoms with van der Waals surface area (Å²) in [5, 5.41) is 9.80. The third-order valence-electron chi connectivity index (χ3n) is 6.11. The SMILES string of the molecule is Cc1cc(C2C3C=CC(CC3)C2/C=C\C2CC(O)CC(=O)O2)ccc1F. The van der Waals surface area contributed by atoms with E-state index in [9.17, 15) is 14.3 Å². The molecule has 4 heteroatoms. The molecule has 3 aliphatic carbocycles. The lowest BCUT2D eigenvalue weighted by Crippen LogP contribution is -2.35. The van der Waals surface area contributed by atoms with Gasteiger partial charge in [-0.05, 0) is 66.7 Å². The Morgan fingerprint density at radius 3 is 2.65 bits per heavy atom. The summed E-state index contributed by atoms with van der Waals surface area (Å²) in [4.78, 5) is 11.6. The van der Waals surface area contributed by atoms with Gasteiger partial charge in [-0.25, -0.2) is 4.39 Å². The van der Waals surface area contributed by atoms with Gasteiger partial charge < -0.3 is 9.84 Å². The van der Waals surface area contributed by atoms with Gasteiger partial charge >= 0.3 is 5.97 Å². The maximum Gasteiger partial charge on any atom is 0.309 e. The monoisotopic (exact) mass is 356 g/mol. The van der Waals surface area contributed by atoms with E-state index in [4.69, 9.17) is 4.74 Å². The van der Waals surface area contributed by atoms with Crippen molar-refractivity contribution in [1.29, 1.82) is 0 Å². The Bertz CT molecular complexity index is 754. The number of halogens is 1. The molecule has 0 aromatic heterocycles. The number of carbonyl (C=O) groups is 1. The number of aliphatic hydroxyl groups is 1. The highest BCUT2D eigenvalue weighted by atomic mass is 19.1. The molecular weight excluding hydrogens is 331 g/mol. The lowest BCUT2D eigenvalue weighted by molar-refractivity contribution is -0.156. The van der Waals surface area contributed by atoms with E-state index in [2.05, 4.69) is 18.2 Å². The van der Waals surface area contributed by atoms with Gasteiger partial charge in [0.1, 0.15) is 11.9 Å². The molecule has 3 nitrogen and oxygen atoms in total. The molecule has 0 amide bonds. The van der Waals surface area contributed by atoms with Crippen molar-refractivity contribution in [3.05, 3.63) is 59.4 Å². The number of carbonyl (C=O) groups excluding carboxylic acids is 1. The van der Waals surface area contributed by atoms with E-state index in [1.807, 2.05) is 25.1 Å². The zero-order valence-corrected chi connectivity index (χ0v) is 15.0. The molecule has 1 aromatic carbocycles. The molecule has 2 fully saturated rings. The number of cyclic esters (lactones) is 1. The van der Waals surface area contributed by atoms with Gasteiger partial charge in [-0.3, -0.25) is 4.79 Å². The minimum atomic E-state index is -0.621. The van der Waals surface area contributed by atoms with Gasteiger partial charge in [-0.15, -0.1) is 0 Å². The molecular formula is C22H25FO3. The summed E-state index contributed by atoms with van der Waals surface area (Å²) in [6, 6.07) is 5.45. The molecule has 1 aliphatic heterocycles. The highest BCUT2D eigenvalue weighted by Crippen LogP contribution is 2.50. The Hall–Kier alpha value is -1.94. The van der Waals surface area contributed by atoms with Crippen LogP contribution in [0.4, 0.5) is 4.39 Å². The molecule has 1 heterocycles. The number of allylic oxidation sites excluding steroid dienone is 3. The van der Waals surface area contributed by atoms with E-state index in [1.54, 1.807) is 6.07 Å². The Kier molecular flexibility index (Phi) is 4.70. The van der Waals surface area contributed by atoms with Crippen LogP contribution in [0.1, 0.15) is 42.7 Å². The zero-order valence-electron chi connectivity index (χ0n) is 15.0. The van der Waals surface area contributed by atoms with Crippen molar-refractivity contribution in [1.82, 2.24) is 0 Å². The average Bonchev–Trinajstić information content (AvgIpc) is 2.62. The van der Waals surface area contributed by atoms with Crippen LogP contribution in [0.2, 0.25) is 0 Å². The Morgan fingerprint density at radius 1 is 1.19 bits per heavy atom. The largest absolute Gasteiger partial charge is 0.458 e. The van der Waals surface area contributed by atoms with Crippen LogP contribution in [0, 0.1) is 30.5 Å². The molecule has 6 atom stereocenters. The second-order valence-corrected chi connectivity index (χ2v) is 7.91. The first kappa shape index (κ1) is 17.5. The van der Waals surface area contributed by atoms with Crippen LogP contribution in [-0.4, -0.2) is 23.3 Å². The number of rotatable bonds is 3. The summed E-state index contributed by atoms with van der Waals surface area (Å²) < 4.78 is 19.1. The highest BCUT2D eigenvalue weighted by molar-refractivity contribution is 5.71. The Balaban J connectivity index is 1.60. The number of hydrogen-bond acceptors (Lipinski definition) is 3. The summed E-state index contributed by atoms with van der Waals surface area (Å²) in [6.07, 6.45) is 10.6. The number of fused-ring (bicyclic) bond motifs is 2. The molecule has 4 aliphatic rings. The minimum absolute atomic E-state index is 0.0820. The molecule has 5 rings (SSSR count). The van der Waals surface area contributed by atoms with E-state index in [-0.39, 0.29) is 24.3 Å². The number of aryl methyl sites for hydroxylation is 1. The van der Waals surface area contributed by atoms with Crippen molar-refractivity contribution in [2.75, 3.05) is 0 Å². The van der Waals surface area contributed by atoms with E-state index in [1.165, 1.54) is 5.56 Å². The molecule has 0 radical (unpaired) electrons. The van der Waals surface area contributed by atoms with Crippen LogP contribution < -0.4 is 0 Å². The zero-order chi connectivity index (χ0) is 18.3. The van der Waals surface area contributed by atoms with Crippen molar-refractivity contribution in [2.45, 2.75) is 50.7 Å². The highest BCUT2D eigenvalue weighted by Gasteiger charge is 2.40. The van der Waals surface area contributed by atoms with Crippen LogP contribution in [0.15, 0.2) is 42.5 Å². The number of benzene rings is 1. The molecule has 26 heavy (non-hydrogen) atoms. The lowest BCUT2D eigenvalue weighted by Gasteiger charge is -2.44. The second-order valence-electron chi connectivity index (χ2n) is 7.91. The molecule has 2 bridgehead atoms. The quantitative estimate of drug-likeness (QED) is 0.656. The van der Waals surface area contributed by atoms with Gasteiger partial charge in [0, 0.05) is 6.42 Å². The van der Waals surface area contributed by atoms with E-state index in [0.717, 1.165) is 12.8 Å². The summed E-state index contributed by atoms with van der Waals surface area (Å²) in [7, 11) is 0. The Morgan fingerprint density at radius 2 is 1.96 bits per heavy atom. The van der Waals surface area contributed by atoms with Crippen LogP contribution >= 0.6 is 0 Å². The molecule has 6 unspecified atom stereocenters. The van der Waals surface area contributed by atoms with Crippen LogP contribution in [0.25, 0.3) is 0 Å². The van der Waals surface area contributed by atoms with Crippen LogP contribution in [-0.2, 0) is 9.53 Å².